The van der Waals surface area contributed by atoms with Gasteiger partial charge in [0.15, 0.2) is 0 Å². The smallest absolute Gasteiger partial charge is 0.223 e. The summed E-state index contributed by atoms with van der Waals surface area (Å²) in [6, 6.07) is 7.99. The topological polar surface area (TPSA) is 20.3 Å². The maximum Gasteiger partial charge on any atom is 0.223 e. The van der Waals surface area contributed by atoms with E-state index in [1.165, 1.54) is 5.56 Å². The van der Waals surface area contributed by atoms with Crippen LogP contribution in [0.5, 0.6) is 0 Å². The lowest BCUT2D eigenvalue weighted by molar-refractivity contribution is -0.116. The molecule has 0 N–H and O–H groups in total. The van der Waals surface area contributed by atoms with Crippen molar-refractivity contribution in [2.24, 2.45) is 0 Å². The number of halogens is 1. The third-order valence-corrected chi connectivity index (χ3v) is 2.99. The van der Waals surface area contributed by atoms with Gasteiger partial charge >= 0.3 is 0 Å². The molecule has 1 aromatic rings. The number of carbonyl (C=O) groups excluding carboxylic acids is 1. The first-order chi connectivity index (χ1) is 9.69. The number of benzene rings is 1. The standard InChI is InChI=1S/C13H16BrNO.2C2H6/c1-3-4-9-15(11(2)16)13-7-5-12(10-14)6-8-13;2*1-2/h3,5-8H,1,4,9-10H2,2H3;2*1-2H3. The predicted octanol–water partition coefficient (Wildman–Crippen LogP) is 5.56. The lowest BCUT2D eigenvalue weighted by Crippen LogP contribution is -2.29. The van der Waals surface area contributed by atoms with Crippen molar-refractivity contribution in [3.8, 4) is 0 Å². The molecular weight excluding hydrogens is 314 g/mol. The van der Waals surface area contributed by atoms with Crippen molar-refractivity contribution in [3.63, 3.8) is 0 Å². The van der Waals surface area contributed by atoms with Crippen LogP contribution in [-0.2, 0) is 10.1 Å². The molecule has 2 nitrogen and oxygen atoms in total. The molecule has 0 spiro atoms. The third kappa shape index (κ3) is 8.16. The van der Waals surface area contributed by atoms with E-state index in [-0.39, 0.29) is 5.91 Å². The Morgan fingerprint density at radius 1 is 1.20 bits per heavy atom. The van der Waals surface area contributed by atoms with Gasteiger partial charge in [0.25, 0.3) is 0 Å². The second-order valence-electron chi connectivity index (χ2n) is 3.55. The van der Waals surface area contributed by atoms with Crippen LogP contribution >= 0.6 is 15.9 Å². The first-order valence-corrected chi connectivity index (χ1v) is 8.35. The van der Waals surface area contributed by atoms with E-state index in [0.717, 1.165) is 17.4 Å². The molecule has 0 fully saturated rings. The van der Waals surface area contributed by atoms with Crippen molar-refractivity contribution in [1.82, 2.24) is 0 Å². The summed E-state index contributed by atoms with van der Waals surface area (Å²) in [4.78, 5) is 13.3. The van der Waals surface area contributed by atoms with Crippen molar-refractivity contribution >= 4 is 27.5 Å². The van der Waals surface area contributed by atoms with Crippen molar-refractivity contribution in [3.05, 3.63) is 42.5 Å². The number of carbonyl (C=O) groups is 1. The Kier molecular flexibility index (Phi) is 15.2. The van der Waals surface area contributed by atoms with Crippen LogP contribution in [0.15, 0.2) is 36.9 Å². The summed E-state index contributed by atoms with van der Waals surface area (Å²) in [6.07, 6.45) is 2.63. The highest BCUT2D eigenvalue weighted by molar-refractivity contribution is 9.08. The molecule has 20 heavy (non-hydrogen) atoms. The zero-order chi connectivity index (χ0) is 16.0. The van der Waals surface area contributed by atoms with Crippen LogP contribution in [0.3, 0.4) is 0 Å². The molecule has 3 heteroatoms. The summed E-state index contributed by atoms with van der Waals surface area (Å²) in [5.41, 5.74) is 2.15. The zero-order valence-electron chi connectivity index (χ0n) is 13.4. The number of amides is 1. The van der Waals surface area contributed by atoms with Gasteiger partial charge in [0, 0.05) is 24.5 Å². The van der Waals surface area contributed by atoms with Gasteiger partial charge in [0.1, 0.15) is 0 Å². The van der Waals surface area contributed by atoms with Crippen molar-refractivity contribution in [2.45, 2.75) is 46.4 Å². The molecular formula is C17H28BrNO. The number of alkyl halides is 1. The van der Waals surface area contributed by atoms with Crippen LogP contribution < -0.4 is 4.90 Å². The minimum absolute atomic E-state index is 0.0634. The molecule has 0 unspecified atom stereocenters. The lowest BCUT2D eigenvalue weighted by atomic mass is 10.2. The first kappa shape index (κ1) is 21.2. The molecule has 0 heterocycles. The summed E-state index contributed by atoms with van der Waals surface area (Å²) in [5.74, 6) is 0.0634. The molecule has 0 aliphatic rings. The quantitative estimate of drug-likeness (QED) is 0.506. The van der Waals surface area contributed by atoms with Gasteiger partial charge in [-0.25, -0.2) is 0 Å². The summed E-state index contributed by atoms with van der Waals surface area (Å²) in [6.45, 7) is 13.9. The van der Waals surface area contributed by atoms with Crippen LogP contribution in [0.1, 0.15) is 46.6 Å². The highest BCUT2D eigenvalue weighted by Gasteiger charge is 2.09. The Balaban J connectivity index is 0. The molecule has 0 saturated heterocycles. The van der Waals surface area contributed by atoms with Crippen molar-refractivity contribution in [2.75, 3.05) is 11.4 Å². The Morgan fingerprint density at radius 2 is 1.70 bits per heavy atom. The van der Waals surface area contributed by atoms with E-state index in [1.807, 2.05) is 58.0 Å². The minimum atomic E-state index is 0.0634. The molecule has 1 rings (SSSR count). The Hall–Kier alpha value is -1.09. The highest BCUT2D eigenvalue weighted by atomic mass is 79.9. The molecule has 0 aliphatic carbocycles. The summed E-state index contributed by atoms with van der Waals surface area (Å²) < 4.78 is 0. The summed E-state index contributed by atoms with van der Waals surface area (Å²) >= 11 is 3.40. The van der Waals surface area contributed by atoms with E-state index in [2.05, 4.69) is 22.5 Å². The summed E-state index contributed by atoms with van der Waals surface area (Å²) in [7, 11) is 0. The molecule has 1 aromatic carbocycles. The molecule has 0 aliphatic heterocycles. The van der Waals surface area contributed by atoms with Gasteiger partial charge in [0.2, 0.25) is 5.91 Å². The molecule has 0 bridgehead atoms. The molecule has 0 radical (unpaired) electrons. The predicted molar refractivity (Wildman–Crippen MR) is 94.6 cm³/mol. The number of hydrogen-bond donors (Lipinski definition) is 0. The van der Waals surface area contributed by atoms with Crippen molar-refractivity contribution in [1.29, 1.82) is 0 Å². The van der Waals surface area contributed by atoms with E-state index in [9.17, 15) is 4.79 Å². The fourth-order valence-corrected chi connectivity index (χ4v) is 1.83. The SMILES string of the molecule is C=CCCN(C(C)=O)c1ccc(CBr)cc1.CC.CC. The third-order valence-electron chi connectivity index (χ3n) is 2.34. The largest absolute Gasteiger partial charge is 0.312 e. The first-order valence-electron chi connectivity index (χ1n) is 7.23. The number of hydrogen-bond acceptors (Lipinski definition) is 1. The zero-order valence-corrected chi connectivity index (χ0v) is 15.0. The average molecular weight is 342 g/mol. The molecule has 1 amide bonds. The minimum Gasteiger partial charge on any atom is -0.312 e. The van der Waals surface area contributed by atoms with Crippen molar-refractivity contribution < 1.29 is 4.79 Å². The number of anilines is 1. The Bertz CT molecular complexity index is 360. The molecule has 0 aromatic heterocycles. The van der Waals surface area contributed by atoms with Crippen LogP contribution in [0.4, 0.5) is 5.69 Å². The van der Waals surface area contributed by atoms with Gasteiger partial charge in [-0.05, 0) is 24.1 Å². The lowest BCUT2D eigenvalue weighted by Gasteiger charge is -2.20. The molecule has 0 saturated carbocycles. The summed E-state index contributed by atoms with van der Waals surface area (Å²) in [5, 5.41) is 0.833. The van der Waals surface area contributed by atoms with Gasteiger partial charge in [-0.15, -0.1) is 6.58 Å². The maximum absolute atomic E-state index is 11.5. The number of rotatable bonds is 5. The van der Waals surface area contributed by atoms with Crippen LogP contribution in [-0.4, -0.2) is 12.5 Å². The van der Waals surface area contributed by atoms with Gasteiger partial charge in [-0.3, -0.25) is 4.79 Å². The monoisotopic (exact) mass is 341 g/mol. The van der Waals surface area contributed by atoms with Crippen LogP contribution in [0.2, 0.25) is 0 Å². The normalized spacial score (nSPS) is 8.50. The maximum atomic E-state index is 11.5. The Morgan fingerprint density at radius 3 is 2.05 bits per heavy atom. The van der Waals surface area contributed by atoms with E-state index in [4.69, 9.17) is 0 Å². The van der Waals surface area contributed by atoms with Gasteiger partial charge in [0.05, 0.1) is 0 Å². The van der Waals surface area contributed by atoms with E-state index in [0.29, 0.717) is 6.54 Å². The highest BCUT2D eigenvalue weighted by Crippen LogP contribution is 2.17. The average Bonchev–Trinajstić information content (AvgIpc) is 2.52. The Labute approximate surface area is 133 Å². The molecule has 0 atom stereocenters. The molecule has 114 valence electrons. The van der Waals surface area contributed by atoms with E-state index in [1.54, 1.807) is 11.8 Å². The van der Waals surface area contributed by atoms with E-state index < -0.39 is 0 Å². The fourth-order valence-electron chi connectivity index (χ4n) is 1.45. The van der Waals surface area contributed by atoms with Gasteiger partial charge in [-0.1, -0.05) is 61.8 Å². The van der Waals surface area contributed by atoms with Gasteiger partial charge < -0.3 is 4.90 Å². The fraction of sp³-hybridized carbons (Fsp3) is 0.471. The van der Waals surface area contributed by atoms with Crippen LogP contribution in [0, 0.1) is 0 Å². The van der Waals surface area contributed by atoms with E-state index >= 15 is 0 Å². The second kappa shape index (κ2) is 14.3. The van der Waals surface area contributed by atoms with Gasteiger partial charge in [-0.2, -0.15) is 0 Å². The number of nitrogens with zero attached hydrogens (tertiary/aromatic N) is 1. The van der Waals surface area contributed by atoms with Crippen LogP contribution in [0.25, 0.3) is 0 Å². The second-order valence-corrected chi connectivity index (χ2v) is 4.11.